The van der Waals surface area contributed by atoms with Crippen LogP contribution in [0.4, 0.5) is 0 Å². The van der Waals surface area contributed by atoms with Gasteiger partial charge >= 0.3 is 0 Å². The molecule has 1 aromatic rings. The van der Waals surface area contributed by atoms with Crippen molar-refractivity contribution >= 4 is 44.6 Å². The van der Waals surface area contributed by atoms with E-state index >= 15 is 0 Å². The molecule has 1 aliphatic rings. The molecule has 0 aliphatic carbocycles. The molecule has 0 radical (unpaired) electrons. The average Bonchev–Trinajstić information content (AvgIpc) is 2.62. The molecule has 0 saturated carbocycles. The molecule has 2 atom stereocenters. The first-order valence-corrected chi connectivity index (χ1v) is 8.46. The number of hydrogen-bond acceptors (Lipinski definition) is 4. The van der Waals surface area contributed by atoms with Crippen LogP contribution >= 0.6 is 34.5 Å². The van der Waals surface area contributed by atoms with Crippen molar-refractivity contribution < 1.29 is 13.5 Å². The van der Waals surface area contributed by atoms with Gasteiger partial charge in [0.05, 0.1) is 10.4 Å². The molecule has 2 unspecified atom stereocenters. The Hall–Kier alpha value is 0.150. The van der Waals surface area contributed by atoms with Crippen LogP contribution < -0.4 is 0 Å². The standard InChI is InChI=1S/C10H13Cl2NO3S2/c1-6-5-13(3-2-7(6)14)18(15,16)8-4-9(11)17-10(8)12/h4,6-7,14H,2-3,5H2,1H3. The summed E-state index contributed by atoms with van der Waals surface area (Å²) in [5, 5.41) is 9.62. The van der Waals surface area contributed by atoms with Gasteiger partial charge < -0.3 is 5.11 Å². The van der Waals surface area contributed by atoms with Gasteiger partial charge in [-0.25, -0.2) is 8.42 Å². The predicted molar refractivity (Wildman–Crippen MR) is 72.9 cm³/mol. The van der Waals surface area contributed by atoms with Gasteiger partial charge in [0.15, 0.2) is 0 Å². The van der Waals surface area contributed by atoms with Gasteiger partial charge in [0, 0.05) is 13.1 Å². The molecular formula is C10H13Cl2NO3S2. The van der Waals surface area contributed by atoms with Crippen molar-refractivity contribution in [3.05, 3.63) is 14.7 Å². The molecule has 2 rings (SSSR count). The van der Waals surface area contributed by atoms with Crippen LogP contribution in [0.5, 0.6) is 0 Å². The number of rotatable bonds is 2. The van der Waals surface area contributed by atoms with Crippen LogP contribution in [-0.4, -0.2) is 37.0 Å². The fourth-order valence-electron chi connectivity index (χ4n) is 1.95. The molecule has 4 nitrogen and oxygen atoms in total. The van der Waals surface area contributed by atoms with Crippen LogP contribution in [0.1, 0.15) is 13.3 Å². The minimum Gasteiger partial charge on any atom is -0.393 e. The van der Waals surface area contributed by atoms with E-state index in [0.29, 0.717) is 23.8 Å². The maximum atomic E-state index is 12.4. The Morgan fingerprint density at radius 2 is 2.17 bits per heavy atom. The van der Waals surface area contributed by atoms with Gasteiger partial charge in [-0.15, -0.1) is 11.3 Å². The van der Waals surface area contributed by atoms with Crippen LogP contribution in [0, 0.1) is 5.92 Å². The highest BCUT2D eigenvalue weighted by Crippen LogP contribution is 2.36. The van der Waals surface area contributed by atoms with E-state index in [-0.39, 0.29) is 15.1 Å². The Labute approximate surface area is 120 Å². The quantitative estimate of drug-likeness (QED) is 0.906. The molecule has 2 heterocycles. The van der Waals surface area contributed by atoms with Crippen molar-refractivity contribution in [1.29, 1.82) is 0 Å². The molecule has 0 amide bonds. The Balaban J connectivity index is 2.29. The molecule has 1 aliphatic heterocycles. The summed E-state index contributed by atoms with van der Waals surface area (Å²) in [7, 11) is -3.61. The van der Waals surface area contributed by atoms with Gasteiger partial charge in [0.1, 0.15) is 9.23 Å². The summed E-state index contributed by atoms with van der Waals surface area (Å²) in [6, 6.07) is 1.37. The van der Waals surface area contributed by atoms with E-state index in [2.05, 4.69) is 0 Å². The summed E-state index contributed by atoms with van der Waals surface area (Å²) in [5.74, 6) is -0.0820. The summed E-state index contributed by atoms with van der Waals surface area (Å²) in [6.45, 7) is 2.43. The first-order valence-electron chi connectivity index (χ1n) is 5.45. The molecule has 0 spiro atoms. The van der Waals surface area contributed by atoms with E-state index in [9.17, 15) is 13.5 Å². The second kappa shape index (κ2) is 5.26. The molecule has 18 heavy (non-hydrogen) atoms. The fraction of sp³-hybridized carbons (Fsp3) is 0.600. The zero-order chi connectivity index (χ0) is 13.5. The second-order valence-electron chi connectivity index (χ2n) is 4.38. The predicted octanol–water partition coefficient (Wildman–Crippen LogP) is 2.45. The third-order valence-electron chi connectivity index (χ3n) is 3.07. The van der Waals surface area contributed by atoms with Crippen molar-refractivity contribution in [2.45, 2.75) is 24.3 Å². The Morgan fingerprint density at radius 3 is 2.67 bits per heavy atom. The van der Waals surface area contributed by atoms with Crippen molar-refractivity contribution in [1.82, 2.24) is 4.31 Å². The number of halogens is 2. The number of thiophene rings is 1. The van der Waals surface area contributed by atoms with Crippen LogP contribution in [0.2, 0.25) is 8.67 Å². The number of aliphatic hydroxyl groups excluding tert-OH is 1. The lowest BCUT2D eigenvalue weighted by Gasteiger charge is -2.33. The molecule has 102 valence electrons. The first-order chi connectivity index (χ1) is 8.32. The number of sulfonamides is 1. The second-order valence-corrected chi connectivity index (χ2v) is 8.58. The van der Waals surface area contributed by atoms with E-state index < -0.39 is 16.1 Å². The van der Waals surface area contributed by atoms with Gasteiger partial charge in [0.2, 0.25) is 10.0 Å². The number of nitrogens with zero attached hydrogens (tertiary/aromatic N) is 1. The van der Waals surface area contributed by atoms with Crippen LogP contribution in [-0.2, 0) is 10.0 Å². The molecule has 1 fully saturated rings. The lowest BCUT2D eigenvalue weighted by molar-refractivity contribution is 0.0629. The SMILES string of the molecule is CC1CN(S(=O)(=O)c2cc(Cl)sc2Cl)CCC1O. The van der Waals surface area contributed by atoms with Gasteiger partial charge in [0.25, 0.3) is 0 Å². The zero-order valence-electron chi connectivity index (χ0n) is 9.64. The van der Waals surface area contributed by atoms with E-state index in [4.69, 9.17) is 23.2 Å². The minimum atomic E-state index is -3.61. The molecule has 1 saturated heterocycles. The summed E-state index contributed by atoms with van der Waals surface area (Å²) in [4.78, 5) is 0.0581. The van der Waals surface area contributed by atoms with Gasteiger partial charge in [-0.2, -0.15) is 4.31 Å². The summed E-state index contributed by atoms with van der Waals surface area (Å²) in [5.41, 5.74) is 0. The fourth-order valence-corrected chi connectivity index (χ4v) is 5.62. The monoisotopic (exact) mass is 329 g/mol. The van der Waals surface area contributed by atoms with Crippen molar-refractivity contribution in [3.63, 3.8) is 0 Å². The van der Waals surface area contributed by atoms with E-state index in [1.54, 1.807) is 0 Å². The maximum Gasteiger partial charge on any atom is 0.245 e. The minimum absolute atomic E-state index is 0.0581. The molecule has 1 aromatic heterocycles. The van der Waals surface area contributed by atoms with E-state index in [1.807, 2.05) is 6.92 Å². The first kappa shape index (κ1) is 14.6. The summed E-state index contributed by atoms with van der Waals surface area (Å²) >= 11 is 12.7. The topological polar surface area (TPSA) is 57.6 Å². The van der Waals surface area contributed by atoms with Gasteiger partial charge in [-0.1, -0.05) is 30.1 Å². The molecule has 8 heteroatoms. The molecule has 0 aromatic carbocycles. The van der Waals surface area contributed by atoms with Crippen molar-refractivity contribution in [2.75, 3.05) is 13.1 Å². The zero-order valence-corrected chi connectivity index (χ0v) is 12.8. The summed E-state index contributed by atoms with van der Waals surface area (Å²) in [6.07, 6.45) is -0.00595. The Bertz CT molecular complexity index is 543. The normalized spacial score (nSPS) is 26.4. The van der Waals surface area contributed by atoms with Gasteiger partial charge in [-0.05, 0) is 18.4 Å². The Morgan fingerprint density at radius 1 is 1.50 bits per heavy atom. The van der Waals surface area contributed by atoms with Crippen LogP contribution in [0.3, 0.4) is 0 Å². The lowest BCUT2D eigenvalue weighted by Crippen LogP contribution is -2.44. The highest BCUT2D eigenvalue weighted by molar-refractivity contribution is 7.89. The Kier molecular flexibility index (Phi) is 4.26. The highest BCUT2D eigenvalue weighted by Gasteiger charge is 2.34. The van der Waals surface area contributed by atoms with Crippen LogP contribution in [0.15, 0.2) is 11.0 Å². The smallest absolute Gasteiger partial charge is 0.245 e. The third-order valence-corrected chi connectivity index (χ3v) is 6.68. The summed E-state index contributed by atoms with van der Waals surface area (Å²) < 4.78 is 26.6. The van der Waals surface area contributed by atoms with Gasteiger partial charge in [-0.3, -0.25) is 0 Å². The van der Waals surface area contributed by atoms with Crippen LogP contribution in [0.25, 0.3) is 0 Å². The highest BCUT2D eigenvalue weighted by atomic mass is 35.5. The molecular weight excluding hydrogens is 317 g/mol. The molecule has 1 N–H and O–H groups in total. The number of piperidine rings is 1. The lowest BCUT2D eigenvalue weighted by atomic mass is 9.99. The van der Waals surface area contributed by atoms with E-state index in [1.165, 1.54) is 10.4 Å². The third kappa shape index (κ3) is 2.69. The average molecular weight is 330 g/mol. The van der Waals surface area contributed by atoms with E-state index in [0.717, 1.165) is 11.3 Å². The maximum absolute atomic E-state index is 12.4. The number of aliphatic hydroxyl groups is 1. The molecule has 0 bridgehead atoms. The van der Waals surface area contributed by atoms with Crippen molar-refractivity contribution in [3.8, 4) is 0 Å². The number of hydrogen-bond donors (Lipinski definition) is 1. The largest absolute Gasteiger partial charge is 0.393 e. The van der Waals surface area contributed by atoms with Crippen molar-refractivity contribution in [2.24, 2.45) is 5.92 Å².